The van der Waals surface area contributed by atoms with Crippen molar-refractivity contribution in [1.82, 2.24) is 30.6 Å². The highest BCUT2D eigenvalue weighted by molar-refractivity contribution is 5.98. The number of hydrogen-bond donors (Lipinski definition) is 7. The number of nitrogens with zero attached hydrogens (tertiary/aromatic N) is 1. The summed E-state index contributed by atoms with van der Waals surface area (Å²) in [6.45, 7) is 7.59. The number of nitrogens with one attached hydrogen (secondary N) is 5. The number of amides is 2. The van der Waals surface area contributed by atoms with Gasteiger partial charge in [-0.3, -0.25) is 28.8 Å². The van der Waals surface area contributed by atoms with Gasteiger partial charge >= 0.3 is 0 Å². The van der Waals surface area contributed by atoms with Crippen LogP contribution in [0, 0.1) is 23.2 Å². The average Bonchev–Trinajstić information content (AvgIpc) is 4.08. The Morgan fingerprint density at radius 1 is 0.642 bits per heavy atom. The van der Waals surface area contributed by atoms with Crippen molar-refractivity contribution >= 4 is 56.8 Å². The Morgan fingerprint density at radius 2 is 1.19 bits per heavy atom. The number of fused-ring (bicyclic) bond motifs is 2. The van der Waals surface area contributed by atoms with Gasteiger partial charge in [0.15, 0.2) is 17.3 Å². The number of Topliss-reactive ketones (excluding diaryl/α,β-unsaturated/α-hetero) is 4. The molecule has 0 saturated heterocycles. The van der Waals surface area contributed by atoms with Crippen LogP contribution in [0.15, 0.2) is 104 Å². The second-order valence-electron chi connectivity index (χ2n) is 19.0. The fourth-order valence-electron chi connectivity index (χ4n) is 8.86. The first-order valence-electron chi connectivity index (χ1n) is 23.4. The standard InChI is InChI=1S/C53H66N8O6/c1-33(60-51(66)37(24-39-30-58-45-20-11-9-18-42(39)45)27-48(63)43(55)28-40-31-56-32-59-40)47(62)26-36(23-38-29-57-44-19-10-8-17-41(38)44)52(67)61-46(22-34-14-6-5-7-15-34)49(64)25-35(16-12-13-21-54)50(65)53(2,3)4/h5-11,14-15,17-20,29-33,35-37,43,46,57-58H,12-13,16,21-28,54-55H2,1-4H3,(H,56,59)(H,60,66)(H,61,67)/t33-,35+,36+,37-,43-,46+/m0/s1. The van der Waals surface area contributed by atoms with E-state index in [9.17, 15) is 28.8 Å². The Kier molecular flexibility index (Phi) is 17.3. The van der Waals surface area contributed by atoms with Crippen LogP contribution in [0.25, 0.3) is 21.8 Å². The molecule has 0 saturated carbocycles. The first-order valence-corrected chi connectivity index (χ1v) is 23.4. The van der Waals surface area contributed by atoms with Crippen LogP contribution in [0.5, 0.6) is 0 Å². The van der Waals surface area contributed by atoms with E-state index in [0.717, 1.165) is 44.9 Å². The van der Waals surface area contributed by atoms with Crippen molar-refractivity contribution in [3.8, 4) is 0 Å². The molecule has 3 aromatic carbocycles. The van der Waals surface area contributed by atoms with E-state index in [1.54, 1.807) is 13.1 Å². The number of carbonyl (C=O) groups is 6. The summed E-state index contributed by atoms with van der Waals surface area (Å²) in [6, 6.07) is 21.8. The van der Waals surface area contributed by atoms with E-state index in [4.69, 9.17) is 11.5 Å². The molecule has 0 aliphatic carbocycles. The number of rotatable bonds is 26. The largest absolute Gasteiger partial charge is 0.361 e. The van der Waals surface area contributed by atoms with Crippen LogP contribution in [0.2, 0.25) is 0 Å². The monoisotopic (exact) mass is 911 g/mol. The van der Waals surface area contributed by atoms with Crippen LogP contribution < -0.4 is 22.1 Å². The number of aromatic amines is 3. The molecule has 2 amide bonds. The second kappa shape index (κ2) is 23.3. The van der Waals surface area contributed by atoms with Gasteiger partial charge in [0, 0.05) is 94.9 Å². The summed E-state index contributed by atoms with van der Waals surface area (Å²) >= 11 is 0. The summed E-state index contributed by atoms with van der Waals surface area (Å²) in [4.78, 5) is 98.5. The minimum Gasteiger partial charge on any atom is -0.361 e. The Morgan fingerprint density at radius 3 is 1.76 bits per heavy atom. The van der Waals surface area contributed by atoms with Crippen LogP contribution in [-0.2, 0) is 54.5 Å². The third-order valence-electron chi connectivity index (χ3n) is 12.7. The minimum absolute atomic E-state index is 0.0217. The van der Waals surface area contributed by atoms with Gasteiger partial charge in [-0.1, -0.05) is 93.9 Å². The smallest absolute Gasteiger partial charge is 0.224 e. The molecule has 0 spiro atoms. The molecule has 14 heteroatoms. The zero-order valence-corrected chi connectivity index (χ0v) is 39.1. The Bertz CT molecular complexity index is 2610. The number of aromatic nitrogens is 4. The van der Waals surface area contributed by atoms with E-state index >= 15 is 0 Å². The molecule has 6 atom stereocenters. The van der Waals surface area contributed by atoms with E-state index < -0.39 is 58.9 Å². The van der Waals surface area contributed by atoms with Gasteiger partial charge in [-0.15, -0.1) is 0 Å². The van der Waals surface area contributed by atoms with Gasteiger partial charge in [0.25, 0.3) is 0 Å². The van der Waals surface area contributed by atoms with Crippen LogP contribution in [0.1, 0.15) is 88.6 Å². The molecule has 67 heavy (non-hydrogen) atoms. The van der Waals surface area contributed by atoms with Crippen molar-refractivity contribution in [2.75, 3.05) is 6.54 Å². The molecule has 0 fully saturated rings. The molecule has 9 N–H and O–H groups in total. The highest BCUT2D eigenvalue weighted by Gasteiger charge is 2.35. The van der Waals surface area contributed by atoms with Crippen molar-refractivity contribution < 1.29 is 28.8 Å². The maximum Gasteiger partial charge on any atom is 0.224 e. The normalized spacial score (nSPS) is 14.5. The fraction of sp³-hybridized carbons (Fsp3) is 0.415. The number of H-pyrrole nitrogens is 3. The van der Waals surface area contributed by atoms with Crippen LogP contribution in [0.3, 0.4) is 0 Å². The average molecular weight is 911 g/mol. The van der Waals surface area contributed by atoms with Crippen molar-refractivity contribution in [3.05, 3.63) is 126 Å². The number of benzene rings is 3. The van der Waals surface area contributed by atoms with E-state index in [1.165, 1.54) is 6.33 Å². The van der Waals surface area contributed by atoms with Gasteiger partial charge in [0.2, 0.25) is 11.8 Å². The van der Waals surface area contributed by atoms with Gasteiger partial charge in [0.05, 0.1) is 24.5 Å². The van der Waals surface area contributed by atoms with Crippen molar-refractivity contribution in [2.24, 2.45) is 34.6 Å². The van der Waals surface area contributed by atoms with Crippen LogP contribution >= 0.6 is 0 Å². The topological polar surface area (TPSA) is 239 Å². The maximum absolute atomic E-state index is 14.7. The lowest BCUT2D eigenvalue weighted by molar-refractivity contribution is -0.136. The quantitative estimate of drug-likeness (QED) is 0.0297. The van der Waals surface area contributed by atoms with Gasteiger partial charge in [-0.05, 0) is 74.4 Å². The van der Waals surface area contributed by atoms with E-state index in [0.29, 0.717) is 25.1 Å². The Hall–Kier alpha value is -6.51. The lowest BCUT2D eigenvalue weighted by atomic mass is 9.78. The molecule has 3 heterocycles. The fourth-order valence-corrected chi connectivity index (χ4v) is 8.86. The van der Waals surface area contributed by atoms with Crippen molar-refractivity contribution in [3.63, 3.8) is 0 Å². The lowest BCUT2D eigenvalue weighted by Crippen LogP contribution is -2.48. The number of hydrogen-bond acceptors (Lipinski definition) is 9. The zero-order valence-electron chi connectivity index (χ0n) is 39.1. The van der Waals surface area contributed by atoms with Crippen LogP contribution in [0.4, 0.5) is 0 Å². The third kappa shape index (κ3) is 13.8. The molecule has 0 bridgehead atoms. The molecular weight excluding hydrogens is 845 g/mol. The lowest BCUT2D eigenvalue weighted by Gasteiger charge is -2.27. The summed E-state index contributed by atoms with van der Waals surface area (Å²) < 4.78 is 0. The predicted molar refractivity (Wildman–Crippen MR) is 261 cm³/mol. The highest BCUT2D eigenvalue weighted by atomic mass is 16.2. The number of para-hydroxylation sites is 2. The van der Waals surface area contributed by atoms with Gasteiger partial charge in [0.1, 0.15) is 5.78 Å². The molecule has 3 aromatic heterocycles. The van der Waals surface area contributed by atoms with Crippen molar-refractivity contribution in [1.29, 1.82) is 0 Å². The van der Waals surface area contributed by atoms with Crippen LogP contribution in [-0.4, -0.2) is 79.6 Å². The van der Waals surface area contributed by atoms with Gasteiger partial charge < -0.3 is 37.1 Å². The molecule has 14 nitrogen and oxygen atoms in total. The summed E-state index contributed by atoms with van der Waals surface area (Å²) in [5.41, 5.74) is 16.4. The third-order valence-corrected chi connectivity index (χ3v) is 12.7. The number of unbranched alkanes of at least 4 members (excludes halogenated alkanes) is 1. The van der Waals surface area contributed by atoms with E-state index in [1.807, 2.05) is 112 Å². The number of imidazole rings is 1. The molecule has 0 aliphatic rings. The summed E-state index contributed by atoms with van der Waals surface area (Å²) in [5.74, 6) is -4.36. The van der Waals surface area contributed by atoms with Gasteiger partial charge in [-0.2, -0.15) is 0 Å². The molecule has 0 unspecified atom stereocenters. The molecule has 6 rings (SSSR count). The molecule has 354 valence electrons. The summed E-state index contributed by atoms with van der Waals surface area (Å²) in [6.07, 6.45) is 8.95. The second-order valence-corrected chi connectivity index (χ2v) is 19.0. The highest BCUT2D eigenvalue weighted by Crippen LogP contribution is 2.29. The summed E-state index contributed by atoms with van der Waals surface area (Å²) in [7, 11) is 0. The maximum atomic E-state index is 14.7. The molecule has 0 aliphatic heterocycles. The molecular formula is C53H66N8O6. The first kappa shape index (κ1) is 49.9. The zero-order chi connectivity index (χ0) is 48.1. The number of carbonyl (C=O) groups excluding carboxylic acids is 6. The summed E-state index contributed by atoms with van der Waals surface area (Å²) in [5, 5.41) is 7.72. The van der Waals surface area contributed by atoms with Crippen molar-refractivity contribution in [2.45, 2.75) is 110 Å². The number of ketones is 4. The van der Waals surface area contributed by atoms with Gasteiger partial charge in [-0.25, -0.2) is 4.98 Å². The number of nitrogens with two attached hydrogens (primary N) is 2. The predicted octanol–water partition coefficient (Wildman–Crippen LogP) is 6.43. The minimum atomic E-state index is -1.04. The van der Waals surface area contributed by atoms with E-state index in [-0.39, 0.29) is 62.3 Å². The molecule has 0 radical (unpaired) electrons. The van der Waals surface area contributed by atoms with E-state index in [2.05, 4.69) is 30.6 Å². The Labute approximate surface area is 392 Å². The first-order chi connectivity index (χ1) is 32.1. The molecule has 6 aromatic rings. The Balaban J connectivity index is 1.23. The SMILES string of the molecule is C[C@H](NC(=O)[C@H](CC(=O)[C@@H](N)Cc1cnc[nH]1)Cc1c[nH]c2ccccc12)C(=O)C[C@@H](Cc1c[nH]c2ccccc12)C(=O)N[C@H](Cc1ccccc1)C(=O)C[C@@H](CCCCN)C(=O)C(C)(C)C.